The lowest BCUT2D eigenvalue weighted by Gasteiger charge is -2.11. The summed E-state index contributed by atoms with van der Waals surface area (Å²) in [5.41, 5.74) is 0.122. The van der Waals surface area contributed by atoms with Gasteiger partial charge in [-0.1, -0.05) is 0 Å². The van der Waals surface area contributed by atoms with Gasteiger partial charge in [0, 0.05) is 18.2 Å². The van der Waals surface area contributed by atoms with Crippen LogP contribution in [0.4, 0.5) is 10.1 Å². The van der Waals surface area contributed by atoms with Crippen molar-refractivity contribution in [3.05, 3.63) is 63.5 Å². The lowest BCUT2D eigenvalue weighted by atomic mass is 10.1. The Morgan fingerprint density at radius 2 is 1.95 bits per heavy atom. The van der Waals surface area contributed by atoms with Crippen LogP contribution in [-0.4, -0.2) is 16.0 Å². The molecule has 1 N–H and O–H groups in total. The minimum Gasteiger partial charge on any atom is -0.478 e. The Kier molecular flexibility index (Phi) is 3.84. The average molecular weight is 291 g/mol. The molecule has 0 unspecified atom stereocenters. The highest BCUT2D eigenvalue weighted by molar-refractivity contribution is 5.91. The number of benzene rings is 2. The summed E-state index contributed by atoms with van der Waals surface area (Å²) >= 11 is 0. The topological polar surface area (TPSA) is 89.7 Å². The van der Waals surface area contributed by atoms with Crippen molar-refractivity contribution in [1.82, 2.24) is 0 Å². The van der Waals surface area contributed by atoms with E-state index in [-0.39, 0.29) is 22.7 Å². The third-order valence-corrected chi connectivity index (χ3v) is 2.76. The Bertz CT molecular complexity index is 729. The predicted octanol–water partition coefficient (Wildman–Crippen LogP) is 3.53. The van der Waals surface area contributed by atoms with Crippen LogP contribution < -0.4 is 4.74 Å². The lowest BCUT2D eigenvalue weighted by Crippen LogP contribution is -2.01. The summed E-state index contributed by atoms with van der Waals surface area (Å²) in [4.78, 5) is 21.2. The third kappa shape index (κ3) is 3.14. The number of rotatable bonds is 4. The van der Waals surface area contributed by atoms with E-state index in [9.17, 15) is 19.3 Å². The summed E-state index contributed by atoms with van der Waals surface area (Å²) < 4.78 is 18.6. The van der Waals surface area contributed by atoms with E-state index >= 15 is 0 Å². The van der Waals surface area contributed by atoms with Gasteiger partial charge in [-0.25, -0.2) is 9.18 Å². The molecule has 0 fully saturated rings. The van der Waals surface area contributed by atoms with Gasteiger partial charge in [0.1, 0.15) is 22.9 Å². The van der Waals surface area contributed by atoms with Gasteiger partial charge >= 0.3 is 5.97 Å². The molecular formula is C14H10FNO5. The zero-order valence-electron chi connectivity index (χ0n) is 10.9. The monoisotopic (exact) mass is 291 g/mol. The molecule has 108 valence electrons. The highest BCUT2D eigenvalue weighted by Gasteiger charge is 2.15. The molecule has 0 aliphatic heterocycles. The molecule has 21 heavy (non-hydrogen) atoms. The van der Waals surface area contributed by atoms with Crippen LogP contribution in [0.1, 0.15) is 15.9 Å². The van der Waals surface area contributed by atoms with E-state index in [0.29, 0.717) is 5.56 Å². The minimum atomic E-state index is -1.26. The Hall–Kier alpha value is -2.96. The van der Waals surface area contributed by atoms with Gasteiger partial charge in [-0.15, -0.1) is 0 Å². The largest absolute Gasteiger partial charge is 0.478 e. The molecule has 0 saturated carbocycles. The van der Waals surface area contributed by atoms with Crippen molar-refractivity contribution in [3.63, 3.8) is 0 Å². The summed E-state index contributed by atoms with van der Waals surface area (Å²) in [5, 5.41) is 19.7. The van der Waals surface area contributed by atoms with Crippen molar-refractivity contribution in [1.29, 1.82) is 0 Å². The molecule has 0 heterocycles. The van der Waals surface area contributed by atoms with E-state index in [0.717, 1.165) is 18.2 Å². The second kappa shape index (κ2) is 5.58. The first-order chi connectivity index (χ1) is 9.88. The molecule has 7 heteroatoms. The molecule has 2 rings (SSSR count). The minimum absolute atomic E-state index is 0.113. The molecule has 0 atom stereocenters. The number of carboxylic acid groups (broad SMARTS) is 1. The van der Waals surface area contributed by atoms with Gasteiger partial charge in [0.2, 0.25) is 0 Å². The average Bonchev–Trinajstić information content (AvgIpc) is 2.40. The number of aromatic carboxylic acids is 1. The number of nitrogens with zero attached hydrogens (tertiary/aromatic N) is 1. The fraction of sp³-hybridized carbons (Fsp3) is 0.0714. The molecule has 0 aromatic heterocycles. The quantitative estimate of drug-likeness (QED) is 0.687. The van der Waals surface area contributed by atoms with Gasteiger partial charge in [0.05, 0.1) is 4.92 Å². The highest BCUT2D eigenvalue weighted by atomic mass is 19.1. The first-order valence-corrected chi connectivity index (χ1v) is 5.84. The molecule has 0 amide bonds. The zero-order valence-corrected chi connectivity index (χ0v) is 10.9. The van der Waals surface area contributed by atoms with E-state index in [1.807, 2.05) is 0 Å². The van der Waals surface area contributed by atoms with Crippen LogP contribution in [0.2, 0.25) is 0 Å². The zero-order chi connectivity index (χ0) is 15.6. The third-order valence-electron chi connectivity index (χ3n) is 2.76. The standard InChI is InChI=1S/C14H10FNO5/c1-8-6-10(16(19)20)3-5-12(8)21-13-7-9(15)2-4-11(13)14(17)18/h2-7H,1H3,(H,17,18). The smallest absolute Gasteiger partial charge is 0.339 e. The summed E-state index contributed by atoms with van der Waals surface area (Å²) in [5.74, 6) is -1.85. The van der Waals surface area contributed by atoms with Gasteiger partial charge in [-0.2, -0.15) is 0 Å². The Labute approximate surface area is 118 Å². The maximum absolute atomic E-state index is 13.2. The van der Waals surface area contributed by atoms with E-state index in [1.165, 1.54) is 18.2 Å². The van der Waals surface area contributed by atoms with Gasteiger partial charge in [0.15, 0.2) is 0 Å². The van der Waals surface area contributed by atoms with Crippen molar-refractivity contribution in [2.24, 2.45) is 0 Å². The summed E-state index contributed by atoms with van der Waals surface area (Å²) in [6.45, 7) is 1.57. The number of hydrogen-bond donors (Lipinski definition) is 1. The summed E-state index contributed by atoms with van der Waals surface area (Å²) in [6, 6.07) is 6.90. The van der Waals surface area contributed by atoms with Crippen LogP contribution in [0.25, 0.3) is 0 Å². The summed E-state index contributed by atoms with van der Waals surface area (Å²) in [6.07, 6.45) is 0. The Balaban J connectivity index is 2.40. The molecule has 0 spiro atoms. The van der Waals surface area contributed by atoms with Crippen molar-refractivity contribution in [2.75, 3.05) is 0 Å². The number of carboxylic acids is 1. The van der Waals surface area contributed by atoms with Gasteiger partial charge in [-0.05, 0) is 30.7 Å². The maximum Gasteiger partial charge on any atom is 0.339 e. The van der Waals surface area contributed by atoms with Gasteiger partial charge < -0.3 is 9.84 Å². The fourth-order valence-electron chi connectivity index (χ4n) is 1.74. The number of nitro groups is 1. The van der Waals surface area contributed by atoms with E-state index < -0.39 is 16.7 Å². The molecule has 6 nitrogen and oxygen atoms in total. The van der Waals surface area contributed by atoms with Crippen molar-refractivity contribution in [2.45, 2.75) is 6.92 Å². The van der Waals surface area contributed by atoms with Crippen molar-refractivity contribution >= 4 is 11.7 Å². The Morgan fingerprint density at radius 1 is 1.24 bits per heavy atom. The van der Waals surface area contributed by atoms with Gasteiger partial charge in [0.25, 0.3) is 5.69 Å². The number of halogens is 1. The SMILES string of the molecule is Cc1cc([N+](=O)[O-])ccc1Oc1cc(F)ccc1C(=O)O. The molecule has 0 saturated heterocycles. The van der Waals surface area contributed by atoms with E-state index in [1.54, 1.807) is 6.92 Å². The van der Waals surface area contributed by atoms with Crippen LogP contribution in [-0.2, 0) is 0 Å². The van der Waals surface area contributed by atoms with E-state index in [4.69, 9.17) is 9.84 Å². The Morgan fingerprint density at radius 3 is 2.52 bits per heavy atom. The number of nitro benzene ring substituents is 1. The van der Waals surface area contributed by atoms with Gasteiger partial charge in [-0.3, -0.25) is 10.1 Å². The molecule has 2 aromatic carbocycles. The molecule has 0 aliphatic rings. The van der Waals surface area contributed by atoms with Crippen LogP contribution in [0.5, 0.6) is 11.5 Å². The normalized spacial score (nSPS) is 10.2. The second-order valence-electron chi connectivity index (χ2n) is 4.25. The number of aryl methyl sites for hydroxylation is 1. The van der Waals surface area contributed by atoms with Crippen LogP contribution in [0, 0.1) is 22.9 Å². The first kappa shape index (κ1) is 14.4. The maximum atomic E-state index is 13.2. The molecular weight excluding hydrogens is 281 g/mol. The lowest BCUT2D eigenvalue weighted by molar-refractivity contribution is -0.384. The fourth-order valence-corrected chi connectivity index (χ4v) is 1.74. The molecule has 2 aromatic rings. The van der Waals surface area contributed by atoms with Crippen LogP contribution in [0.15, 0.2) is 36.4 Å². The molecule has 0 radical (unpaired) electrons. The van der Waals surface area contributed by atoms with E-state index in [2.05, 4.69) is 0 Å². The molecule has 0 aliphatic carbocycles. The van der Waals surface area contributed by atoms with Crippen LogP contribution >= 0.6 is 0 Å². The molecule has 0 bridgehead atoms. The first-order valence-electron chi connectivity index (χ1n) is 5.84. The number of hydrogen-bond acceptors (Lipinski definition) is 4. The second-order valence-corrected chi connectivity index (χ2v) is 4.25. The van der Waals surface area contributed by atoms with Crippen molar-refractivity contribution < 1.29 is 24.0 Å². The number of carbonyl (C=O) groups is 1. The number of non-ortho nitro benzene ring substituents is 1. The summed E-state index contributed by atoms with van der Waals surface area (Å²) in [7, 11) is 0. The predicted molar refractivity (Wildman–Crippen MR) is 71.3 cm³/mol. The number of ether oxygens (including phenoxy) is 1. The van der Waals surface area contributed by atoms with Crippen molar-refractivity contribution in [3.8, 4) is 11.5 Å². The van der Waals surface area contributed by atoms with Crippen LogP contribution in [0.3, 0.4) is 0 Å². The highest BCUT2D eigenvalue weighted by Crippen LogP contribution is 2.30.